The fourth-order valence-electron chi connectivity index (χ4n) is 3.80. The van der Waals surface area contributed by atoms with Crippen LogP contribution in [-0.4, -0.2) is 29.9 Å². The number of carbonyl (C=O) groups is 1. The first kappa shape index (κ1) is 17.1. The van der Waals surface area contributed by atoms with Crippen LogP contribution in [0.2, 0.25) is 0 Å². The van der Waals surface area contributed by atoms with Crippen molar-refractivity contribution in [2.45, 2.75) is 11.8 Å². The summed E-state index contributed by atoms with van der Waals surface area (Å²) in [6.45, 7) is 0. The molecule has 1 heterocycles. The van der Waals surface area contributed by atoms with Crippen LogP contribution in [0, 0.1) is 0 Å². The molecule has 1 unspecified atom stereocenters. The van der Waals surface area contributed by atoms with Crippen molar-refractivity contribution in [3.05, 3.63) is 89.3 Å². The SMILES string of the molecule is CN(C)c1ccc(C2(c3ccccc3)C=Cc3cnn(C(N)=O)c3C2)cc1. The van der Waals surface area contributed by atoms with Crippen LogP contribution in [0.4, 0.5) is 10.5 Å². The summed E-state index contributed by atoms with van der Waals surface area (Å²) in [5, 5.41) is 4.17. The highest BCUT2D eigenvalue weighted by Crippen LogP contribution is 2.41. The topological polar surface area (TPSA) is 64.2 Å². The molecule has 27 heavy (non-hydrogen) atoms. The lowest BCUT2D eigenvalue weighted by Crippen LogP contribution is -2.33. The fraction of sp³-hybridized carbons (Fsp3) is 0.182. The summed E-state index contributed by atoms with van der Waals surface area (Å²) >= 11 is 0. The number of hydrogen-bond donors (Lipinski definition) is 1. The lowest BCUT2D eigenvalue weighted by Gasteiger charge is -2.35. The van der Waals surface area contributed by atoms with Crippen LogP contribution in [0.15, 0.2) is 66.9 Å². The van der Waals surface area contributed by atoms with Crippen LogP contribution in [0.5, 0.6) is 0 Å². The molecule has 4 rings (SSSR count). The molecule has 5 heteroatoms. The molecule has 1 aliphatic carbocycles. The van der Waals surface area contributed by atoms with Gasteiger partial charge in [-0.25, -0.2) is 4.79 Å². The van der Waals surface area contributed by atoms with Crippen molar-refractivity contribution in [1.29, 1.82) is 0 Å². The summed E-state index contributed by atoms with van der Waals surface area (Å²) in [4.78, 5) is 13.9. The molecule has 1 aromatic heterocycles. The summed E-state index contributed by atoms with van der Waals surface area (Å²) in [5.74, 6) is 0. The molecule has 136 valence electrons. The first-order valence-corrected chi connectivity index (χ1v) is 8.90. The van der Waals surface area contributed by atoms with Gasteiger partial charge in [0.15, 0.2) is 0 Å². The highest BCUT2D eigenvalue weighted by molar-refractivity contribution is 5.77. The number of benzene rings is 2. The molecule has 2 aromatic carbocycles. The van der Waals surface area contributed by atoms with E-state index in [1.54, 1.807) is 6.20 Å². The lowest BCUT2D eigenvalue weighted by molar-refractivity contribution is 0.246. The van der Waals surface area contributed by atoms with Gasteiger partial charge < -0.3 is 10.6 Å². The second kappa shape index (κ2) is 6.43. The van der Waals surface area contributed by atoms with Gasteiger partial charge in [-0.1, -0.05) is 54.6 Å². The second-order valence-corrected chi connectivity index (χ2v) is 7.09. The number of nitrogens with zero attached hydrogens (tertiary/aromatic N) is 3. The van der Waals surface area contributed by atoms with Crippen molar-refractivity contribution < 1.29 is 4.79 Å². The highest BCUT2D eigenvalue weighted by Gasteiger charge is 2.37. The Bertz CT molecular complexity index is 1000. The van der Waals surface area contributed by atoms with Crippen LogP contribution in [0.3, 0.4) is 0 Å². The Hall–Kier alpha value is -3.34. The van der Waals surface area contributed by atoms with Crippen molar-refractivity contribution in [3.8, 4) is 0 Å². The van der Waals surface area contributed by atoms with Crippen LogP contribution >= 0.6 is 0 Å². The summed E-state index contributed by atoms with van der Waals surface area (Å²) in [6, 6.07) is 18.3. The second-order valence-electron chi connectivity index (χ2n) is 7.09. The van der Waals surface area contributed by atoms with Gasteiger partial charge >= 0.3 is 6.03 Å². The number of aromatic nitrogens is 2. The van der Waals surface area contributed by atoms with Gasteiger partial charge in [-0.3, -0.25) is 0 Å². The van der Waals surface area contributed by atoms with E-state index in [-0.39, 0.29) is 5.41 Å². The van der Waals surface area contributed by atoms with Gasteiger partial charge in [-0.2, -0.15) is 9.78 Å². The number of hydrogen-bond acceptors (Lipinski definition) is 3. The quantitative estimate of drug-likeness (QED) is 0.780. The molecular weight excluding hydrogens is 336 g/mol. The van der Waals surface area contributed by atoms with Gasteiger partial charge in [-0.05, 0) is 23.3 Å². The molecule has 1 aliphatic rings. The number of rotatable bonds is 3. The summed E-state index contributed by atoms with van der Waals surface area (Å²) in [5.41, 5.74) is 10.4. The van der Waals surface area contributed by atoms with Crippen LogP contribution in [0.1, 0.15) is 22.4 Å². The third kappa shape index (κ3) is 2.81. The Morgan fingerprint density at radius 2 is 1.74 bits per heavy atom. The zero-order valence-electron chi connectivity index (χ0n) is 15.5. The fourth-order valence-corrected chi connectivity index (χ4v) is 3.80. The normalized spacial score (nSPS) is 18.1. The van der Waals surface area contributed by atoms with E-state index >= 15 is 0 Å². The number of nitrogens with two attached hydrogens (primary N) is 1. The monoisotopic (exact) mass is 358 g/mol. The molecule has 0 aliphatic heterocycles. The lowest BCUT2D eigenvalue weighted by atomic mass is 9.68. The van der Waals surface area contributed by atoms with Crippen molar-refractivity contribution in [2.24, 2.45) is 5.73 Å². The third-order valence-electron chi connectivity index (χ3n) is 5.29. The highest BCUT2D eigenvalue weighted by atomic mass is 16.2. The zero-order valence-corrected chi connectivity index (χ0v) is 15.5. The van der Waals surface area contributed by atoms with Crippen molar-refractivity contribution in [2.75, 3.05) is 19.0 Å². The maximum absolute atomic E-state index is 11.8. The molecule has 3 aromatic rings. The number of allylic oxidation sites excluding steroid dienone is 1. The maximum atomic E-state index is 11.8. The number of primary amides is 1. The Morgan fingerprint density at radius 3 is 2.37 bits per heavy atom. The molecule has 0 radical (unpaired) electrons. The summed E-state index contributed by atoms with van der Waals surface area (Å²) in [6.07, 6.45) is 6.56. The standard InChI is InChI=1S/C22H22N4O/c1-25(2)19-10-8-18(9-11-19)22(17-6-4-3-5-7-17)13-12-16-15-24-26(21(23)27)20(16)14-22/h3-13,15H,14H2,1-2H3,(H2,23,27). The van der Waals surface area contributed by atoms with E-state index in [1.165, 1.54) is 15.8 Å². The van der Waals surface area contributed by atoms with Gasteiger partial charge in [0, 0.05) is 37.2 Å². The van der Waals surface area contributed by atoms with E-state index in [9.17, 15) is 4.79 Å². The van der Waals surface area contributed by atoms with Crippen LogP contribution in [0.25, 0.3) is 6.08 Å². The van der Waals surface area contributed by atoms with Crippen LogP contribution < -0.4 is 10.6 Å². The zero-order chi connectivity index (χ0) is 19.0. The maximum Gasteiger partial charge on any atom is 0.339 e. The average molecular weight is 358 g/mol. The van der Waals surface area contributed by atoms with Crippen molar-refractivity contribution in [3.63, 3.8) is 0 Å². The van der Waals surface area contributed by atoms with Crippen LogP contribution in [-0.2, 0) is 11.8 Å². The number of anilines is 1. The summed E-state index contributed by atoms with van der Waals surface area (Å²) in [7, 11) is 4.06. The van der Waals surface area contributed by atoms with Gasteiger partial charge in [0.05, 0.1) is 11.9 Å². The predicted molar refractivity (Wildman–Crippen MR) is 108 cm³/mol. The Balaban J connectivity index is 1.89. The van der Waals surface area contributed by atoms with E-state index in [0.29, 0.717) is 6.42 Å². The Kier molecular flexibility index (Phi) is 4.07. The molecule has 0 bridgehead atoms. The largest absolute Gasteiger partial charge is 0.378 e. The minimum atomic E-state index is -0.559. The Labute approximate surface area is 158 Å². The van der Waals surface area contributed by atoms with Gasteiger partial charge in [-0.15, -0.1) is 0 Å². The molecular formula is C22H22N4O. The first-order chi connectivity index (χ1) is 13.0. The summed E-state index contributed by atoms with van der Waals surface area (Å²) < 4.78 is 1.31. The van der Waals surface area contributed by atoms with E-state index in [2.05, 4.69) is 52.5 Å². The predicted octanol–water partition coefficient (Wildman–Crippen LogP) is 3.43. The molecule has 0 spiro atoms. The van der Waals surface area contributed by atoms with E-state index in [1.807, 2.05) is 38.4 Å². The molecule has 1 amide bonds. The third-order valence-corrected chi connectivity index (χ3v) is 5.29. The first-order valence-electron chi connectivity index (χ1n) is 8.90. The molecule has 0 saturated heterocycles. The van der Waals surface area contributed by atoms with Gasteiger partial charge in [0.2, 0.25) is 0 Å². The number of carbonyl (C=O) groups excluding carboxylic acids is 1. The Morgan fingerprint density at radius 1 is 1.07 bits per heavy atom. The smallest absolute Gasteiger partial charge is 0.339 e. The van der Waals surface area contributed by atoms with E-state index < -0.39 is 6.03 Å². The molecule has 2 N–H and O–H groups in total. The number of amides is 1. The van der Waals surface area contributed by atoms with E-state index in [4.69, 9.17) is 5.73 Å². The van der Waals surface area contributed by atoms with Crippen molar-refractivity contribution >= 4 is 17.8 Å². The minimum absolute atomic E-state index is 0.383. The molecule has 0 fully saturated rings. The average Bonchev–Trinajstić information content (AvgIpc) is 3.12. The van der Waals surface area contributed by atoms with Gasteiger partial charge in [0.1, 0.15) is 0 Å². The van der Waals surface area contributed by atoms with E-state index in [0.717, 1.165) is 16.9 Å². The molecule has 0 saturated carbocycles. The number of fused-ring (bicyclic) bond motifs is 1. The van der Waals surface area contributed by atoms with Gasteiger partial charge in [0.25, 0.3) is 0 Å². The minimum Gasteiger partial charge on any atom is -0.378 e. The van der Waals surface area contributed by atoms with Crippen molar-refractivity contribution in [1.82, 2.24) is 9.78 Å². The molecule has 5 nitrogen and oxygen atoms in total. The molecule has 1 atom stereocenters.